The maximum absolute atomic E-state index is 13.7. The van der Waals surface area contributed by atoms with E-state index in [1.807, 2.05) is 12.1 Å². The molecule has 0 spiro atoms. The van der Waals surface area contributed by atoms with E-state index in [-0.39, 0.29) is 22.0 Å². The number of H-pyrrole nitrogens is 1. The molecule has 0 amide bonds. The van der Waals surface area contributed by atoms with E-state index in [1.165, 1.54) is 17.8 Å². The predicted octanol–water partition coefficient (Wildman–Crippen LogP) is 4.17. The summed E-state index contributed by atoms with van der Waals surface area (Å²) in [7, 11) is 1.48. The van der Waals surface area contributed by atoms with E-state index in [4.69, 9.17) is 18.0 Å². The van der Waals surface area contributed by atoms with Gasteiger partial charge in [-0.1, -0.05) is 48.5 Å². The lowest BCUT2D eigenvalue weighted by Gasteiger charge is -2.14. The number of thiocarbonyl (C=S) groups is 1. The number of aromatic nitrogens is 3. The van der Waals surface area contributed by atoms with Gasteiger partial charge in [0.1, 0.15) is 11.4 Å². The zero-order valence-corrected chi connectivity index (χ0v) is 19.1. The Kier molecular flexibility index (Phi) is 6.52. The van der Waals surface area contributed by atoms with Crippen molar-refractivity contribution in [1.82, 2.24) is 19.8 Å². The van der Waals surface area contributed by atoms with Gasteiger partial charge in [0.2, 0.25) is 0 Å². The third-order valence-corrected chi connectivity index (χ3v) is 5.36. The molecule has 3 N–H and O–H groups in total. The Hall–Kier alpha value is -4.25. The van der Waals surface area contributed by atoms with E-state index >= 15 is 0 Å². The molecule has 2 heterocycles. The Morgan fingerprint density at radius 3 is 2.23 bits per heavy atom. The largest absolute Gasteiger partial charge is 0.433 e. The van der Waals surface area contributed by atoms with Crippen LogP contribution in [0, 0.1) is 0 Å². The third-order valence-electron chi connectivity index (χ3n) is 5.10. The van der Waals surface area contributed by atoms with Crippen molar-refractivity contribution in [3.8, 4) is 16.9 Å². The zero-order chi connectivity index (χ0) is 25.2. The normalized spacial score (nSPS) is 11.9. The second kappa shape index (κ2) is 9.55. The molecule has 4 aromatic rings. The molecule has 0 aliphatic heterocycles. The first-order chi connectivity index (χ1) is 16.7. The maximum Gasteiger partial charge on any atom is 0.433 e. The summed E-state index contributed by atoms with van der Waals surface area (Å²) in [4.78, 5) is 17.3. The number of aromatic amines is 1. The van der Waals surface area contributed by atoms with Crippen molar-refractivity contribution < 1.29 is 13.2 Å². The standard InChI is InChI=1S/C24H19F3N6OS/c1-32(23(28)35)30-21(16-12-13-18(29-14-16)24(25,26)27)19-20(15-8-4-2-5-9-15)31-33(22(19)34)17-10-6-3-7-11-17/h2-14,31H,1H3,(H2,28,35). The van der Waals surface area contributed by atoms with Crippen LogP contribution in [0.25, 0.3) is 16.9 Å². The highest BCUT2D eigenvalue weighted by atomic mass is 32.1. The van der Waals surface area contributed by atoms with E-state index in [0.717, 1.165) is 17.3 Å². The first kappa shape index (κ1) is 23.9. The van der Waals surface area contributed by atoms with Crippen molar-refractivity contribution in [2.24, 2.45) is 10.8 Å². The van der Waals surface area contributed by atoms with Crippen molar-refractivity contribution in [2.45, 2.75) is 6.18 Å². The fraction of sp³-hybridized carbons (Fsp3) is 0.0833. The SMILES string of the molecule is CN(N=C(c1ccc(C(F)(F)F)nc1)c1c(-c2ccccc2)[nH]n(-c2ccccc2)c1=O)C(N)=S. The highest BCUT2D eigenvalue weighted by Crippen LogP contribution is 2.28. The van der Waals surface area contributed by atoms with Gasteiger partial charge in [-0.2, -0.15) is 18.3 Å². The van der Waals surface area contributed by atoms with Crippen molar-refractivity contribution >= 4 is 23.0 Å². The minimum atomic E-state index is -4.62. The molecule has 0 bridgehead atoms. The molecule has 2 aromatic heterocycles. The van der Waals surface area contributed by atoms with Gasteiger partial charge in [0.25, 0.3) is 5.56 Å². The van der Waals surface area contributed by atoms with Crippen LogP contribution in [-0.4, -0.2) is 37.6 Å². The van der Waals surface area contributed by atoms with Gasteiger partial charge in [-0.05, 0) is 36.5 Å². The van der Waals surface area contributed by atoms with E-state index in [9.17, 15) is 18.0 Å². The van der Waals surface area contributed by atoms with Crippen LogP contribution in [0.15, 0.2) is 88.9 Å². The van der Waals surface area contributed by atoms with Crippen molar-refractivity contribution in [3.63, 3.8) is 0 Å². The average molecular weight is 497 g/mol. The summed E-state index contributed by atoms with van der Waals surface area (Å²) in [5.74, 6) is 0. The van der Waals surface area contributed by atoms with E-state index in [2.05, 4.69) is 15.2 Å². The molecule has 178 valence electrons. The number of hydrogen-bond donors (Lipinski definition) is 2. The van der Waals surface area contributed by atoms with Crippen LogP contribution < -0.4 is 11.3 Å². The Morgan fingerprint density at radius 1 is 1.06 bits per heavy atom. The molecule has 0 saturated heterocycles. The monoisotopic (exact) mass is 496 g/mol. The lowest BCUT2D eigenvalue weighted by molar-refractivity contribution is -0.141. The number of rotatable bonds is 5. The van der Waals surface area contributed by atoms with Gasteiger partial charge < -0.3 is 5.73 Å². The topological polar surface area (TPSA) is 92.3 Å². The molecule has 35 heavy (non-hydrogen) atoms. The number of alkyl halides is 3. The van der Waals surface area contributed by atoms with Crippen LogP contribution in [0.1, 0.15) is 16.8 Å². The number of hydrazone groups is 1. The highest BCUT2D eigenvalue weighted by molar-refractivity contribution is 7.80. The minimum Gasteiger partial charge on any atom is -0.375 e. The number of hydrogen-bond acceptors (Lipinski definition) is 4. The smallest absolute Gasteiger partial charge is 0.375 e. The molecule has 11 heteroatoms. The van der Waals surface area contributed by atoms with E-state index < -0.39 is 17.4 Å². The Balaban J connectivity index is 2.00. The van der Waals surface area contributed by atoms with Gasteiger partial charge in [0, 0.05) is 24.4 Å². The number of halogens is 3. The van der Waals surface area contributed by atoms with Crippen LogP contribution in [0.5, 0.6) is 0 Å². The lowest BCUT2D eigenvalue weighted by Crippen LogP contribution is -2.30. The van der Waals surface area contributed by atoms with Crippen LogP contribution >= 0.6 is 12.2 Å². The van der Waals surface area contributed by atoms with Crippen molar-refractivity contribution in [3.05, 3.63) is 106 Å². The van der Waals surface area contributed by atoms with Crippen molar-refractivity contribution in [2.75, 3.05) is 7.05 Å². The van der Waals surface area contributed by atoms with Gasteiger partial charge >= 0.3 is 6.18 Å². The molecule has 4 rings (SSSR count). The number of para-hydroxylation sites is 1. The van der Waals surface area contributed by atoms with E-state index in [0.29, 0.717) is 16.9 Å². The summed E-state index contributed by atoms with van der Waals surface area (Å²) in [5, 5.41) is 8.57. The van der Waals surface area contributed by atoms with E-state index in [1.54, 1.807) is 48.5 Å². The summed E-state index contributed by atoms with van der Waals surface area (Å²) in [6, 6.07) is 19.9. The second-order valence-electron chi connectivity index (χ2n) is 7.44. The Morgan fingerprint density at radius 2 is 1.69 bits per heavy atom. The number of nitrogens with one attached hydrogen (secondary N) is 1. The average Bonchev–Trinajstić information content (AvgIpc) is 3.19. The number of pyridine rings is 1. The fourth-order valence-corrected chi connectivity index (χ4v) is 3.42. The van der Waals surface area contributed by atoms with Gasteiger partial charge in [-0.15, -0.1) is 0 Å². The number of nitrogens with two attached hydrogens (primary N) is 1. The molecule has 0 fully saturated rings. The molecule has 0 atom stereocenters. The Bertz CT molecular complexity index is 1430. The molecule has 0 aliphatic rings. The molecule has 0 aliphatic carbocycles. The molecular formula is C24H19F3N6OS. The first-order valence-corrected chi connectivity index (χ1v) is 10.7. The Labute approximate surface area is 203 Å². The lowest BCUT2D eigenvalue weighted by atomic mass is 10.00. The minimum absolute atomic E-state index is 0.0521. The number of benzene rings is 2. The summed E-state index contributed by atoms with van der Waals surface area (Å²) >= 11 is 4.99. The fourth-order valence-electron chi connectivity index (χ4n) is 3.38. The van der Waals surface area contributed by atoms with Crippen LogP contribution in [0.2, 0.25) is 0 Å². The molecule has 7 nitrogen and oxygen atoms in total. The quantitative estimate of drug-likeness (QED) is 0.246. The summed E-state index contributed by atoms with van der Waals surface area (Å²) in [5.41, 5.74) is 6.15. The van der Waals surface area contributed by atoms with Crippen LogP contribution in [0.4, 0.5) is 13.2 Å². The van der Waals surface area contributed by atoms with Gasteiger partial charge in [0.05, 0.1) is 16.9 Å². The highest BCUT2D eigenvalue weighted by Gasteiger charge is 2.32. The zero-order valence-electron chi connectivity index (χ0n) is 18.3. The van der Waals surface area contributed by atoms with Gasteiger partial charge in [-0.3, -0.25) is 14.9 Å². The molecule has 2 aromatic carbocycles. The van der Waals surface area contributed by atoms with Crippen LogP contribution in [-0.2, 0) is 6.18 Å². The third kappa shape index (κ3) is 4.99. The summed E-state index contributed by atoms with van der Waals surface area (Å²) in [6.07, 6.45) is -3.60. The molecule has 0 unspecified atom stereocenters. The van der Waals surface area contributed by atoms with Crippen LogP contribution in [0.3, 0.4) is 0 Å². The second-order valence-corrected chi connectivity index (χ2v) is 7.86. The molecular weight excluding hydrogens is 477 g/mol. The summed E-state index contributed by atoms with van der Waals surface area (Å²) in [6.45, 7) is 0. The van der Waals surface area contributed by atoms with Gasteiger partial charge in [0.15, 0.2) is 5.11 Å². The van der Waals surface area contributed by atoms with Gasteiger partial charge in [-0.25, -0.2) is 9.69 Å². The maximum atomic E-state index is 13.7. The summed E-state index contributed by atoms with van der Waals surface area (Å²) < 4.78 is 40.7. The first-order valence-electron chi connectivity index (χ1n) is 10.3. The predicted molar refractivity (Wildman–Crippen MR) is 131 cm³/mol. The van der Waals surface area contributed by atoms with Crippen molar-refractivity contribution in [1.29, 1.82) is 0 Å². The molecule has 0 radical (unpaired) electrons. The number of nitrogens with zero attached hydrogens (tertiary/aromatic N) is 4. The molecule has 0 saturated carbocycles.